The molecule has 7 nitrogen and oxygen atoms in total. The van der Waals surface area contributed by atoms with E-state index in [-0.39, 0.29) is 5.75 Å². The second-order valence-electron chi connectivity index (χ2n) is 9.49. The first-order chi connectivity index (χ1) is 16.7. The molecular formula is C27H30N6O. The maximum atomic E-state index is 9.84. The van der Waals surface area contributed by atoms with Crippen molar-refractivity contribution < 1.29 is 5.11 Å². The van der Waals surface area contributed by atoms with Gasteiger partial charge in [-0.1, -0.05) is 25.7 Å². The second kappa shape index (κ2) is 8.97. The first kappa shape index (κ1) is 21.0. The van der Waals surface area contributed by atoms with Crippen molar-refractivity contribution in [2.24, 2.45) is 0 Å². The summed E-state index contributed by atoms with van der Waals surface area (Å²) in [5, 5.41) is 17.1. The van der Waals surface area contributed by atoms with E-state index >= 15 is 0 Å². The zero-order chi connectivity index (χ0) is 22.9. The number of phenols is 1. The molecule has 0 saturated heterocycles. The predicted octanol–water partition coefficient (Wildman–Crippen LogP) is 5.87. The van der Waals surface area contributed by atoms with Crippen LogP contribution in [-0.4, -0.2) is 36.5 Å². The van der Waals surface area contributed by atoms with Crippen LogP contribution in [0.4, 0.5) is 11.6 Å². The third-order valence-electron chi connectivity index (χ3n) is 7.09. The van der Waals surface area contributed by atoms with Crippen LogP contribution in [0.2, 0.25) is 0 Å². The van der Waals surface area contributed by atoms with Gasteiger partial charge in [-0.15, -0.1) is 0 Å². The van der Waals surface area contributed by atoms with Gasteiger partial charge >= 0.3 is 0 Å². The number of nitrogens with zero attached hydrogens (tertiary/aromatic N) is 4. The lowest BCUT2D eigenvalue weighted by Gasteiger charge is -2.14. The van der Waals surface area contributed by atoms with Crippen molar-refractivity contribution in [1.82, 2.24) is 19.4 Å². The molecule has 3 heterocycles. The molecule has 4 aromatic rings. The average molecular weight is 455 g/mol. The number of aromatic hydroxyl groups is 1. The quantitative estimate of drug-likeness (QED) is 0.338. The van der Waals surface area contributed by atoms with E-state index in [9.17, 15) is 5.11 Å². The molecule has 0 amide bonds. The highest BCUT2D eigenvalue weighted by molar-refractivity contribution is 5.84. The zero-order valence-electron chi connectivity index (χ0n) is 19.2. The molecule has 0 spiro atoms. The minimum atomic E-state index is 0.239. The lowest BCUT2D eigenvalue weighted by Crippen LogP contribution is -2.16. The Balaban J connectivity index is 1.47. The summed E-state index contributed by atoms with van der Waals surface area (Å²) in [6.07, 6.45) is 13.7. The van der Waals surface area contributed by atoms with Crippen LogP contribution in [0.15, 0.2) is 54.9 Å². The summed E-state index contributed by atoms with van der Waals surface area (Å²) < 4.78 is 2.13. The van der Waals surface area contributed by atoms with Crippen LogP contribution in [-0.2, 0) is 0 Å². The number of anilines is 2. The molecule has 3 aromatic heterocycles. The van der Waals surface area contributed by atoms with Crippen molar-refractivity contribution in [2.45, 2.75) is 63.5 Å². The Morgan fingerprint density at radius 2 is 1.53 bits per heavy atom. The molecule has 0 unspecified atom stereocenters. The van der Waals surface area contributed by atoms with Gasteiger partial charge in [-0.05, 0) is 68.1 Å². The topological polar surface area (TPSA) is 87.4 Å². The lowest BCUT2D eigenvalue weighted by atomic mass is 10.1. The summed E-state index contributed by atoms with van der Waals surface area (Å²) in [6.45, 7) is 0. The highest BCUT2D eigenvalue weighted by Crippen LogP contribution is 2.35. The number of nitrogens with one attached hydrogen (secondary N) is 2. The minimum Gasteiger partial charge on any atom is -0.508 e. The first-order valence-corrected chi connectivity index (χ1v) is 12.4. The number of pyridine rings is 1. The number of fused-ring (bicyclic) bond motifs is 1. The van der Waals surface area contributed by atoms with Gasteiger partial charge in [0.05, 0.1) is 22.8 Å². The summed E-state index contributed by atoms with van der Waals surface area (Å²) in [5.41, 5.74) is 5.45. The van der Waals surface area contributed by atoms with Gasteiger partial charge in [0.25, 0.3) is 0 Å². The van der Waals surface area contributed by atoms with Gasteiger partial charge in [0.15, 0.2) is 5.65 Å². The Bertz CT molecular complexity index is 1290. The van der Waals surface area contributed by atoms with Crippen LogP contribution < -0.4 is 10.6 Å². The summed E-state index contributed by atoms with van der Waals surface area (Å²) in [4.78, 5) is 14.5. The van der Waals surface area contributed by atoms with Gasteiger partial charge in [0.1, 0.15) is 5.75 Å². The van der Waals surface area contributed by atoms with Gasteiger partial charge in [-0.3, -0.25) is 4.40 Å². The molecule has 34 heavy (non-hydrogen) atoms. The standard InChI is InChI=1S/C27H30N6O/c34-21-13-11-18(12-14-21)24-25(22-15-16-28-27(31-22)30-20-8-3-4-9-20)33-17-5-10-23(26(33)32-24)29-19-6-1-2-7-19/h5,10-17,19-20,29,34H,1-4,6-9H2,(H,28,30,31). The van der Waals surface area contributed by atoms with Crippen LogP contribution in [0, 0.1) is 0 Å². The molecule has 2 fully saturated rings. The summed E-state index contributed by atoms with van der Waals surface area (Å²) in [6, 6.07) is 14.3. The fourth-order valence-corrected chi connectivity index (χ4v) is 5.35. The summed E-state index contributed by atoms with van der Waals surface area (Å²) in [7, 11) is 0. The number of hydrogen-bond donors (Lipinski definition) is 3. The van der Waals surface area contributed by atoms with Crippen molar-refractivity contribution in [2.75, 3.05) is 10.6 Å². The number of benzene rings is 1. The van der Waals surface area contributed by atoms with Crippen LogP contribution >= 0.6 is 0 Å². The molecule has 1 aromatic carbocycles. The molecule has 2 aliphatic rings. The van der Waals surface area contributed by atoms with Crippen molar-refractivity contribution in [3.63, 3.8) is 0 Å². The van der Waals surface area contributed by atoms with Gasteiger partial charge in [-0.25, -0.2) is 15.0 Å². The maximum Gasteiger partial charge on any atom is 0.223 e. The third-order valence-corrected chi connectivity index (χ3v) is 7.09. The largest absolute Gasteiger partial charge is 0.508 e. The fraction of sp³-hybridized carbons (Fsp3) is 0.370. The maximum absolute atomic E-state index is 9.84. The van der Waals surface area contributed by atoms with E-state index in [2.05, 4.69) is 32.2 Å². The monoisotopic (exact) mass is 454 g/mol. The van der Waals surface area contributed by atoms with E-state index in [1.807, 2.05) is 30.6 Å². The zero-order valence-corrected chi connectivity index (χ0v) is 19.2. The number of aromatic nitrogens is 4. The Morgan fingerprint density at radius 3 is 2.26 bits per heavy atom. The Labute approximate surface area is 199 Å². The van der Waals surface area contributed by atoms with E-state index in [1.54, 1.807) is 12.1 Å². The van der Waals surface area contributed by atoms with E-state index in [0.29, 0.717) is 18.0 Å². The summed E-state index contributed by atoms with van der Waals surface area (Å²) in [5.74, 6) is 0.902. The molecule has 174 valence electrons. The molecule has 0 atom stereocenters. The molecule has 0 bridgehead atoms. The fourth-order valence-electron chi connectivity index (χ4n) is 5.35. The van der Waals surface area contributed by atoms with E-state index in [1.165, 1.54) is 38.5 Å². The number of hydrogen-bond acceptors (Lipinski definition) is 6. The van der Waals surface area contributed by atoms with Crippen LogP contribution in [0.25, 0.3) is 28.3 Å². The van der Waals surface area contributed by atoms with Crippen molar-refractivity contribution >= 4 is 17.3 Å². The highest BCUT2D eigenvalue weighted by Gasteiger charge is 2.22. The Morgan fingerprint density at radius 1 is 0.824 bits per heavy atom. The highest BCUT2D eigenvalue weighted by atomic mass is 16.3. The van der Waals surface area contributed by atoms with E-state index < -0.39 is 0 Å². The third kappa shape index (κ3) is 4.06. The molecule has 2 aliphatic carbocycles. The average Bonchev–Trinajstić information content (AvgIpc) is 3.61. The smallest absolute Gasteiger partial charge is 0.223 e. The number of rotatable bonds is 6. The number of imidazole rings is 1. The molecule has 3 N–H and O–H groups in total. The Hall–Kier alpha value is -3.61. The van der Waals surface area contributed by atoms with E-state index in [4.69, 9.17) is 9.97 Å². The van der Waals surface area contributed by atoms with Crippen molar-refractivity contribution in [3.05, 3.63) is 54.9 Å². The molecule has 2 saturated carbocycles. The van der Waals surface area contributed by atoms with Crippen LogP contribution in [0.1, 0.15) is 51.4 Å². The number of phenolic OH excluding ortho intramolecular Hbond substituents is 1. The summed E-state index contributed by atoms with van der Waals surface area (Å²) >= 11 is 0. The molecule has 0 aliphatic heterocycles. The molecular weight excluding hydrogens is 424 g/mol. The van der Waals surface area contributed by atoms with Gasteiger partial charge in [0, 0.05) is 30.0 Å². The molecule has 7 heteroatoms. The van der Waals surface area contributed by atoms with Crippen molar-refractivity contribution in [3.8, 4) is 28.4 Å². The molecule has 6 rings (SSSR count). The van der Waals surface area contributed by atoms with E-state index in [0.717, 1.165) is 46.8 Å². The van der Waals surface area contributed by atoms with Gasteiger partial charge in [0.2, 0.25) is 5.95 Å². The Kier molecular flexibility index (Phi) is 5.53. The molecule has 0 radical (unpaired) electrons. The van der Waals surface area contributed by atoms with Gasteiger partial charge in [-0.2, -0.15) is 0 Å². The van der Waals surface area contributed by atoms with Crippen LogP contribution in [0.5, 0.6) is 5.75 Å². The second-order valence-corrected chi connectivity index (χ2v) is 9.49. The van der Waals surface area contributed by atoms with Crippen LogP contribution in [0.3, 0.4) is 0 Å². The van der Waals surface area contributed by atoms with Crippen molar-refractivity contribution in [1.29, 1.82) is 0 Å². The van der Waals surface area contributed by atoms with Gasteiger partial charge < -0.3 is 15.7 Å². The first-order valence-electron chi connectivity index (χ1n) is 12.4. The minimum absolute atomic E-state index is 0.239. The lowest BCUT2D eigenvalue weighted by molar-refractivity contribution is 0.475. The SMILES string of the molecule is Oc1ccc(-c2nc3c(NC4CCCC4)cccn3c2-c2ccnc(NC3CCCC3)n2)cc1. The normalized spacial score (nSPS) is 16.9. The predicted molar refractivity (Wildman–Crippen MR) is 135 cm³/mol.